The molecule has 0 aliphatic carbocycles. The van der Waals surface area contributed by atoms with E-state index >= 15 is 0 Å². The first kappa shape index (κ1) is 11.8. The van der Waals surface area contributed by atoms with Gasteiger partial charge in [0.2, 0.25) is 0 Å². The summed E-state index contributed by atoms with van der Waals surface area (Å²) in [6.07, 6.45) is 2.79. The summed E-state index contributed by atoms with van der Waals surface area (Å²) in [5, 5.41) is 1.11. The fourth-order valence-corrected chi connectivity index (χ4v) is 2.91. The van der Waals surface area contributed by atoms with Crippen LogP contribution in [0.5, 0.6) is 0 Å². The van der Waals surface area contributed by atoms with Crippen molar-refractivity contribution in [3.05, 3.63) is 39.4 Å². The van der Waals surface area contributed by atoms with Crippen molar-refractivity contribution in [1.82, 2.24) is 4.98 Å². The summed E-state index contributed by atoms with van der Waals surface area (Å²) >= 11 is 5.22. The highest BCUT2D eigenvalue weighted by molar-refractivity contribution is 9.10. The third kappa shape index (κ3) is 2.51. The van der Waals surface area contributed by atoms with Gasteiger partial charge in [-0.3, -0.25) is 0 Å². The number of nitrogens with zero attached hydrogens (tertiary/aromatic N) is 1. The van der Waals surface area contributed by atoms with Crippen molar-refractivity contribution in [2.75, 3.05) is 6.54 Å². The number of hydrogen-bond acceptors (Lipinski definition) is 3. The maximum atomic E-state index is 5.52. The Morgan fingerprint density at radius 1 is 1.44 bits per heavy atom. The lowest BCUT2D eigenvalue weighted by Gasteiger charge is -2.02. The van der Waals surface area contributed by atoms with E-state index in [1.807, 2.05) is 6.20 Å². The van der Waals surface area contributed by atoms with Gasteiger partial charge in [-0.1, -0.05) is 22.0 Å². The SMILES string of the molecule is Cc1ccc(Br)cc1-c1cnc(CCN)s1. The minimum absolute atomic E-state index is 0.657. The molecule has 2 aromatic rings. The largest absolute Gasteiger partial charge is 0.330 e. The first-order chi connectivity index (χ1) is 7.70. The van der Waals surface area contributed by atoms with Crippen LogP contribution in [0.25, 0.3) is 10.4 Å². The molecule has 0 radical (unpaired) electrons. The van der Waals surface area contributed by atoms with Gasteiger partial charge in [-0.05, 0) is 36.7 Å². The van der Waals surface area contributed by atoms with Gasteiger partial charge in [-0.25, -0.2) is 4.98 Å². The van der Waals surface area contributed by atoms with Crippen LogP contribution in [0.4, 0.5) is 0 Å². The second kappa shape index (κ2) is 5.08. The molecule has 0 aliphatic heterocycles. The maximum Gasteiger partial charge on any atom is 0.0943 e. The molecular formula is C12H13BrN2S. The molecule has 0 atom stereocenters. The Kier molecular flexibility index (Phi) is 3.74. The Hall–Kier alpha value is -0.710. The molecule has 0 saturated heterocycles. The molecule has 16 heavy (non-hydrogen) atoms. The zero-order valence-corrected chi connectivity index (χ0v) is 11.4. The lowest BCUT2D eigenvalue weighted by Crippen LogP contribution is -2.01. The molecular weight excluding hydrogens is 284 g/mol. The van der Waals surface area contributed by atoms with Gasteiger partial charge >= 0.3 is 0 Å². The van der Waals surface area contributed by atoms with Gasteiger partial charge in [-0.15, -0.1) is 11.3 Å². The average molecular weight is 297 g/mol. The van der Waals surface area contributed by atoms with Gasteiger partial charge in [0.1, 0.15) is 0 Å². The number of benzene rings is 1. The van der Waals surface area contributed by atoms with E-state index < -0.39 is 0 Å². The topological polar surface area (TPSA) is 38.9 Å². The van der Waals surface area contributed by atoms with Crippen molar-refractivity contribution in [3.63, 3.8) is 0 Å². The summed E-state index contributed by atoms with van der Waals surface area (Å²) in [5.41, 5.74) is 8.04. The van der Waals surface area contributed by atoms with Gasteiger partial charge in [0.25, 0.3) is 0 Å². The molecule has 0 saturated carbocycles. The first-order valence-corrected chi connectivity index (χ1v) is 6.73. The van der Waals surface area contributed by atoms with Crippen LogP contribution in [0.2, 0.25) is 0 Å². The smallest absolute Gasteiger partial charge is 0.0943 e. The molecule has 4 heteroatoms. The quantitative estimate of drug-likeness (QED) is 0.943. The fraction of sp³-hybridized carbons (Fsp3) is 0.250. The van der Waals surface area contributed by atoms with Crippen molar-refractivity contribution >= 4 is 27.3 Å². The molecule has 2 nitrogen and oxygen atoms in total. The predicted molar refractivity (Wildman–Crippen MR) is 72.7 cm³/mol. The monoisotopic (exact) mass is 296 g/mol. The van der Waals surface area contributed by atoms with E-state index in [-0.39, 0.29) is 0 Å². The Morgan fingerprint density at radius 3 is 3.00 bits per heavy atom. The second-order valence-corrected chi connectivity index (χ2v) is 5.65. The van der Waals surface area contributed by atoms with Gasteiger partial charge < -0.3 is 5.73 Å². The van der Waals surface area contributed by atoms with E-state index in [4.69, 9.17) is 5.73 Å². The molecule has 0 aliphatic rings. The van der Waals surface area contributed by atoms with Crippen LogP contribution in [0.15, 0.2) is 28.9 Å². The summed E-state index contributed by atoms with van der Waals surface area (Å²) < 4.78 is 1.10. The molecule has 1 aromatic carbocycles. The van der Waals surface area contributed by atoms with Gasteiger partial charge in [0, 0.05) is 17.1 Å². The van der Waals surface area contributed by atoms with Crippen LogP contribution < -0.4 is 5.73 Å². The van der Waals surface area contributed by atoms with Crippen molar-refractivity contribution in [2.24, 2.45) is 5.73 Å². The van der Waals surface area contributed by atoms with E-state index in [1.165, 1.54) is 16.0 Å². The summed E-state index contributed by atoms with van der Waals surface area (Å²) in [4.78, 5) is 5.59. The molecule has 1 heterocycles. The third-order valence-corrected chi connectivity index (χ3v) is 3.96. The van der Waals surface area contributed by atoms with Crippen LogP contribution in [-0.2, 0) is 6.42 Å². The van der Waals surface area contributed by atoms with Crippen LogP contribution in [-0.4, -0.2) is 11.5 Å². The first-order valence-electron chi connectivity index (χ1n) is 5.12. The zero-order valence-electron chi connectivity index (χ0n) is 9.03. The minimum atomic E-state index is 0.657. The van der Waals surface area contributed by atoms with Crippen molar-refractivity contribution in [1.29, 1.82) is 0 Å². The van der Waals surface area contributed by atoms with E-state index in [1.54, 1.807) is 11.3 Å². The Labute approximate surface area is 108 Å². The van der Waals surface area contributed by atoms with E-state index in [9.17, 15) is 0 Å². The van der Waals surface area contributed by atoms with Crippen LogP contribution in [0.1, 0.15) is 10.6 Å². The minimum Gasteiger partial charge on any atom is -0.330 e. The molecule has 84 valence electrons. The second-order valence-electron chi connectivity index (χ2n) is 3.62. The Morgan fingerprint density at radius 2 is 2.25 bits per heavy atom. The Bertz CT molecular complexity index is 494. The number of halogens is 1. The summed E-state index contributed by atoms with van der Waals surface area (Å²) in [6.45, 7) is 2.77. The lowest BCUT2D eigenvalue weighted by molar-refractivity contribution is 0.953. The van der Waals surface area contributed by atoms with E-state index in [2.05, 4.69) is 46.0 Å². The van der Waals surface area contributed by atoms with E-state index in [0.29, 0.717) is 6.54 Å². The van der Waals surface area contributed by atoms with Gasteiger partial charge in [0.15, 0.2) is 0 Å². The predicted octanol–water partition coefficient (Wildman–Crippen LogP) is 3.38. The summed E-state index contributed by atoms with van der Waals surface area (Å²) in [7, 11) is 0. The summed E-state index contributed by atoms with van der Waals surface area (Å²) in [5.74, 6) is 0. The number of nitrogens with two attached hydrogens (primary N) is 1. The van der Waals surface area contributed by atoms with Crippen molar-refractivity contribution in [3.8, 4) is 10.4 Å². The van der Waals surface area contributed by atoms with Crippen LogP contribution >= 0.6 is 27.3 Å². The van der Waals surface area contributed by atoms with Crippen LogP contribution in [0.3, 0.4) is 0 Å². The van der Waals surface area contributed by atoms with Gasteiger partial charge in [-0.2, -0.15) is 0 Å². The molecule has 0 fully saturated rings. The van der Waals surface area contributed by atoms with E-state index in [0.717, 1.165) is 15.9 Å². The standard InChI is InChI=1S/C12H13BrN2S/c1-8-2-3-9(13)6-10(8)11-7-15-12(16-11)4-5-14/h2-3,6-7H,4-5,14H2,1H3. The molecule has 0 unspecified atom stereocenters. The lowest BCUT2D eigenvalue weighted by atomic mass is 10.1. The normalized spacial score (nSPS) is 10.7. The zero-order chi connectivity index (χ0) is 11.5. The molecule has 2 N–H and O–H groups in total. The number of aryl methyl sites for hydroxylation is 1. The molecule has 1 aromatic heterocycles. The number of thiazole rings is 1. The molecule has 2 rings (SSSR count). The Balaban J connectivity index is 2.38. The fourth-order valence-electron chi connectivity index (χ4n) is 1.53. The van der Waals surface area contributed by atoms with Crippen LogP contribution in [0, 0.1) is 6.92 Å². The molecule has 0 spiro atoms. The highest BCUT2D eigenvalue weighted by Gasteiger charge is 2.07. The van der Waals surface area contributed by atoms with Crippen molar-refractivity contribution in [2.45, 2.75) is 13.3 Å². The molecule has 0 amide bonds. The maximum absolute atomic E-state index is 5.52. The number of hydrogen-bond donors (Lipinski definition) is 1. The highest BCUT2D eigenvalue weighted by Crippen LogP contribution is 2.31. The molecule has 0 bridgehead atoms. The number of rotatable bonds is 3. The van der Waals surface area contributed by atoms with Gasteiger partial charge in [0.05, 0.1) is 9.88 Å². The summed E-state index contributed by atoms with van der Waals surface area (Å²) in [6, 6.07) is 6.30. The highest BCUT2D eigenvalue weighted by atomic mass is 79.9. The average Bonchev–Trinajstić information content (AvgIpc) is 2.71. The van der Waals surface area contributed by atoms with Crippen molar-refractivity contribution < 1.29 is 0 Å². The third-order valence-electron chi connectivity index (χ3n) is 2.38. The number of aromatic nitrogens is 1.